The highest BCUT2D eigenvalue weighted by Crippen LogP contribution is 2.13. The molecule has 0 radical (unpaired) electrons. The van der Waals surface area contributed by atoms with E-state index < -0.39 is 12.0 Å². The second-order valence-electron chi connectivity index (χ2n) is 5.77. The summed E-state index contributed by atoms with van der Waals surface area (Å²) in [6.45, 7) is 1.84. The van der Waals surface area contributed by atoms with E-state index in [4.69, 9.17) is 5.73 Å². The minimum Gasteiger partial charge on any atom is -0.480 e. The van der Waals surface area contributed by atoms with Crippen molar-refractivity contribution < 1.29 is 14.7 Å². The molecule has 1 rings (SSSR count). The van der Waals surface area contributed by atoms with E-state index in [2.05, 4.69) is 17.9 Å². The number of carboxylic acids is 1. The first-order valence-corrected chi connectivity index (χ1v) is 10.1. The Morgan fingerprint density at radius 1 is 1.44 bits per heavy atom. The van der Waals surface area contributed by atoms with Crippen molar-refractivity contribution in [3.63, 3.8) is 0 Å². The van der Waals surface area contributed by atoms with Gasteiger partial charge in [-0.05, 0) is 49.0 Å². The highest BCUT2D eigenvalue weighted by molar-refractivity contribution is 7.98. The van der Waals surface area contributed by atoms with Crippen LogP contribution in [0.3, 0.4) is 0 Å². The predicted octanol–water partition coefficient (Wildman–Crippen LogP) is 2.29. The molecule has 0 bridgehead atoms. The van der Waals surface area contributed by atoms with Crippen LogP contribution in [-0.2, 0) is 11.2 Å². The molecular formula is C18H26N2O3S2. The molecule has 0 aliphatic heterocycles. The van der Waals surface area contributed by atoms with E-state index in [1.165, 1.54) is 0 Å². The largest absolute Gasteiger partial charge is 0.480 e. The molecule has 1 aromatic rings. The van der Waals surface area contributed by atoms with Crippen molar-refractivity contribution in [1.29, 1.82) is 0 Å². The van der Waals surface area contributed by atoms with E-state index in [9.17, 15) is 14.7 Å². The SMILES string of the molecule is CSCC[C@H](NC(=O)c1cc(C/C=C/C(N)CS)ccc1C)C(=O)O. The fourth-order valence-electron chi connectivity index (χ4n) is 2.21. The zero-order chi connectivity index (χ0) is 18.8. The van der Waals surface area contributed by atoms with Gasteiger partial charge in [0.25, 0.3) is 5.91 Å². The first-order chi connectivity index (χ1) is 11.9. The maximum Gasteiger partial charge on any atom is 0.326 e. The molecule has 0 aliphatic carbocycles. The van der Waals surface area contributed by atoms with E-state index in [1.807, 2.05) is 37.5 Å². The van der Waals surface area contributed by atoms with Crippen LogP contribution < -0.4 is 11.1 Å². The van der Waals surface area contributed by atoms with E-state index >= 15 is 0 Å². The van der Waals surface area contributed by atoms with Crippen molar-refractivity contribution >= 4 is 36.3 Å². The second kappa shape index (κ2) is 11.2. The molecule has 0 aromatic heterocycles. The first kappa shape index (κ1) is 21.6. The number of thioether (sulfide) groups is 1. The average Bonchev–Trinajstić information content (AvgIpc) is 2.59. The van der Waals surface area contributed by atoms with Crippen molar-refractivity contribution in [3.8, 4) is 0 Å². The number of benzene rings is 1. The Hall–Kier alpha value is -1.44. The maximum absolute atomic E-state index is 12.5. The molecule has 0 heterocycles. The Morgan fingerprint density at radius 3 is 2.76 bits per heavy atom. The topological polar surface area (TPSA) is 92.4 Å². The summed E-state index contributed by atoms with van der Waals surface area (Å²) in [6.07, 6.45) is 6.78. The molecule has 138 valence electrons. The van der Waals surface area contributed by atoms with Crippen molar-refractivity contribution in [3.05, 3.63) is 47.0 Å². The molecule has 1 unspecified atom stereocenters. The molecule has 25 heavy (non-hydrogen) atoms. The van der Waals surface area contributed by atoms with E-state index in [-0.39, 0.29) is 11.9 Å². The lowest BCUT2D eigenvalue weighted by Gasteiger charge is -2.15. The van der Waals surface area contributed by atoms with Crippen LogP contribution in [0.4, 0.5) is 0 Å². The van der Waals surface area contributed by atoms with Crippen LogP contribution in [-0.4, -0.2) is 46.8 Å². The third-order valence-corrected chi connectivity index (χ3v) is 4.77. The molecule has 4 N–H and O–H groups in total. The summed E-state index contributed by atoms with van der Waals surface area (Å²) >= 11 is 5.68. The highest BCUT2D eigenvalue weighted by Gasteiger charge is 2.21. The summed E-state index contributed by atoms with van der Waals surface area (Å²) in [4.78, 5) is 23.8. The number of rotatable bonds is 10. The van der Waals surface area contributed by atoms with Crippen LogP contribution in [0.25, 0.3) is 0 Å². The summed E-state index contributed by atoms with van der Waals surface area (Å²) < 4.78 is 0. The molecule has 0 saturated heterocycles. The summed E-state index contributed by atoms with van der Waals surface area (Å²) in [7, 11) is 0. The van der Waals surface area contributed by atoms with Crippen LogP contribution >= 0.6 is 24.4 Å². The van der Waals surface area contributed by atoms with Crippen LogP contribution in [0, 0.1) is 6.92 Å². The fourth-order valence-corrected chi connectivity index (χ4v) is 2.80. The Kier molecular flexibility index (Phi) is 9.70. The summed E-state index contributed by atoms with van der Waals surface area (Å²) in [5, 5.41) is 11.9. The molecule has 0 saturated carbocycles. The number of thiol groups is 1. The van der Waals surface area contributed by atoms with Gasteiger partial charge in [0.05, 0.1) is 0 Å². The van der Waals surface area contributed by atoms with Crippen molar-refractivity contribution in [2.24, 2.45) is 5.73 Å². The lowest BCUT2D eigenvalue weighted by Crippen LogP contribution is -2.41. The number of nitrogens with two attached hydrogens (primary N) is 1. The number of allylic oxidation sites excluding steroid dienone is 1. The van der Waals surface area contributed by atoms with Gasteiger partial charge in [0.15, 0.2) is 0 Å². The Labute approximate surface area is 158 Å². The predicted molar refractivity (Wildman–Crippen MR) is 108 cm³/mol. The minimum absolute atomic E-state index is 0.0932. The molecule has 2 atom stereocenters. The van der Waals surface area contributed by atoms with Gasteiger partial charge in [-0.15, -0.1) is 0 Å². The van der Waals surface area contributed by atoms with Gasteiger partial charge in [-0.25, -0.2) is 4.79 Å². The van der Waals surface area contributed by atoms with Gasteiger partial charge in [-0.1, -0.05) is 24.3 Å². The molecule has 7 heteroatoms. The number of carboxylic acid groups (broad SMARTS) is 1. The molecule has 5 nitrogen and oxygen atoms in total. The summed E-state index contributed by atoms with van der Waals surface area (Å²) in [6, 6.07) is 4.65. The zero-order valence-electron chi connectivity index (χ0n) is 14.6. The Morgan fingerprint density at radius 2 is 2.16 bits per heavy atom. The van der Waals surface area contributed by atoms with Crippen LogP contribution in [0.5, 0.6) is 0 Å². The number of aliphatic carboxylic acids is 1. The van der Waals surface area contributed by atoms with Crippen LogP contribution in [0.15, 0.2) is 30.4 Å². The molecule has 0 spiro atoms. The number of aryl methyl sites for hydroxylation is 1. The third kappa shape index (κ3) is 7.54. The van der Waals surface area contributed by atoms with Gasteiger partial charge in [0, 0.05) is 17.4 Å². The van der Waals surface area contributed by atoms with E-state index in [0.29, 0.717) is 29.9 Å². The molecule has 0 fully saturated rings. The Bertz CT molecular complexity index is 620. The minimum atomic E-state index is -1.01. The summed E-state index contributed by atoms with van der Waals surface area (Å²) in [5.41, 5.74) is 8.06. The van der Waals surface area contributed by atoms with Gasteiger partial charge >= 0.3 is 5.97 Å². The van der Waals surface area contributed by atoms with E-state index in [0.717, 1.165) is 11.1 Å². The lowest BCUT2D eigenvalue weighted by atomic mass is 10.0. The average molecular weight is 383 g/mol. The summed E-state index contributed by atoms with van der Waals surface area (Å²) in [5.74, 6) is -0.124. The third-order valence-electron chi connectivity index (χ3n) is 3.71. The smallest absolute Gasteiger partial charge is 0.326 e. The molecule has 1 amide bonds. The second-order valence-corrected chi connectivity index (χ2v) is 7.12. The van der Waals surface area contributed by atoms with Gasteiger partial charge in [-0.3, -0.25) is 4.79 Å². The van der Waals surface area contributed by atoms with Crippen molar-refractivity contribution in [2.45, 2.75) is 31.8 Å². The van der Waals surface area contributed by atoms with Crippen LogP contribution in [0.2, 0.25) is 0 Å². The number of carbonyl (C=O) groups is 2. The zero-order valence-corrected chi connectivity index (χ0v) is 16.3. The van der Waals surface area contributed by atoms with Gasteiger partial charge in [-0.2, -0.15) is 24.4 Å². The van der Waals surface area contributed by atoms with Crippen molar-refractivity contribution in [2.75, 3.05) is 17.8 Å². The Balaban J connectivity index is 2.84. The van der Waals surface area contributed by atoms with Crippen molar-refractivity contribution in [1.82, 2.24) is 5.32 Å². The maximum atomic E-state index is 12.5. The number of hydrogen-bond donors (Lipinski definition) is 4. The normalized spacial score (nSPS) is 13.6. The number of nitrogens with one attached hydrogen (secondary N) is 1. The number of hydrogen-bond acceptors (Lipinski definition) is 5. The first-order valence-electron chi connectivity index (χ1n) is 8.04. The van der Waals surface area contributed by atoms with Gasteiger partial charge < -0.3 is 16.2 Å². The molecular weight excluding hydrogens is 356 g/mol. The van der Waals surface area contributed by atoms with Gasteiger partial charge in [0.1, 0.15) is 6.04 Å². The fraction of sp³-hybridized carbons (Fsp3) is 0.444. The number of carbonyl (C=O) groups excluding carboxylic acids is 1. The molecule has 0 aliphatic rings. The standard InChI is InChI=1S/C18H26N2O3S2/c1-12-6-7-13(4-3-5-14(19)11-24)10-15(12)17(21)20-16(18(22)23)8-9-25-2/h3,5-7,10,14,16,24H,4,8-9,11,19H2,1-2H3,(H,20,21)(H,22,23)/b5-3+/t14?,16-/m0/s1. The van der Waals surface area contributed by atoms with Crippen LogP contribution in [0.1, 0.15) is 27.9 Å². The number of amides is 1. The lowest BCUT2D eigenvalue weighted by molar-refractivity contribution is -0.139. The highest BCUT2D eigenvalue weighted by atomic mass is 32.2. The quantitative estimate of drug-likeness (QED) is 0.368. The monoisotopic (exact) mass is 382 g/mol. The van der Waals surface area contributed by atoms with Gasteiger partial charge in [0.2, 0.25) is 0 Å². The molecule has 1 aromatic carbocycles. The van der Waals surface area contributed by atoms with E-state index in [1.54, 1.807) is 17.8 Å².